The quantitative estimate of drug-likeness (QED) is 0.429. The van der Waals surface area contributed by atoms with Crippen LogP contribution in [0.15, 0.2) is 48.5 Å². The smallest absolute Gasteiger partial charge is 0.269 e. The molecule has 0 aromatic heterocycles. The van der Waals surface area contributed by atoms with Crippen molar-refractivity contribution in [1.82, 2.24) is 9.80 Å². The molecule has 3 rings (SSSR count). The maximum atomic E-state index is 12.7. The second kappa shape index (κ2) is 11.5. The van der Waals surface area contributed by atoms with Crippen molar-refractivity contribution in [3.05, 3.63) is 68.8 Å². The second-order valence-corrected chi connectivity index (χ2v) is 8.36. The Balaban J connectivity index is 1.52. The molecule has 0 saturated carbocycles. The number of carbonyl (C=O) groups is 2. The Kier molecular flexibility index (Phi) is 8.44. The van der Waals surface area contributed by atoms with E-state index in [-0.39, 0.29) is 23.2 Å². The van der Waals surface area contributed by atoms with Crippen molar-refractivity contribution >= 4 is 34.6 Å². The number of amides is 2. The molecular formula is C23H28N6O6. The number of nitrogens with zero attached hydrogens (tertiary/aromatic N) is 4. The van der Waals surface area contributed by atoms with Crippen LogP contribution in [0.4, 0.5) is 22.7 Å². The van der Waals surface area contributed by atoms with Gasteiger partial charge < -0.3 is 10.6 Å². The van der Waals surface area contributed by atoms with E-state index in [4.69, 9.17) is 0 Å². The number of hydrogen-bond donors (Lipinski definition) is 2. The first kappa shape index (κ1) is 25.7. The number of non-ortho nitro benzene ring substituents is 2. The van der Waals surface area contributed by atoms with E-state index in [9.17, 15) is 29.8 Å². The highest BCUT2D eigenvalue weighted by Crippen LogP contribution is 2.18. The molecule has 12 nitrogen and oxygen atoms in total. The van der Waals surface area contributed by atoms with Crippen LogP contribution in [0, 0.1) is 20.2 Å². The number of rotatable bonds is 8. The molecule has 1 saturated heterocycles. The number of carbonyl (C=O) groups excluding carboxylic acids is 2. The van der Waals surface area contributed by atoms with Gasteiger partial charge >= 0.3 is 0 Å². The molecule has 2 N–H and O–H groups in total. The fourth-order valence-electron chi connectivity index (χ4n) is 3.89. The zero-order valence-corrected chi connectivity index (χ0v) is 19.5. The molecule has 0 spiro atoms. The molecule has 186 valence electrons. The van der Waals surface area contributed by atoms with Crippen molar-refractivity contribution in [3.63, 3.8) is 0 Å². The highest BCUT2D eigenvalue weighted by atomic mass is 16.6. The molecule has 2 aromatic carbocycles. The van der Waals surface area contributed by atoms with Crippen molar-refractivity contribution in [2.24, 2.45) is 0 Å². The van der Waals surface area contributed by atoms with Gasteiger partial charge in [-0.05, 0) is 44.5 Å². The number of benzene rings is 2. The van der Waals surface area contributed by atoms with Crippen molar-refractivity contribution in [1.29, 1.82) is 0 Å². The Hall–Kier alpha value is -3.90. The molecule has 0 radical (unpaired) electrons. The van der Waals surface area contributed by atoms with Crippen LogP contribution in [0.3, 0.4) is 0 Å². The van der Waals surface area contributed by atoms with Gasteiger partial charge in [-0.15, -0.1) is 0 Å². The first-order valence-corrected chi connectivity index (χ1v) is 11.2. The standard InChI is InChI=1S/C23H28N6O6/c1-16(22(30)24-18-4-8-20(9-5-18)28(32)33)26-12-3-13-27(15-14-26)17(2)23(31)25-19-6-10-21(11-7-19)29(34)35/h4-11,16-17H,3,12-15H2,1-2H3,(H,24,30)(H,25,31)/t16-,17+. The van der Waals surface area contributed by atoms with Crippen LogP contribution < -0.4 is 10.6 Å². The minimum absolute atomic E-state index is 0.0459. The molecule has 12 heteroatoms. The van der Waals surface area contributed by atoms with Gasteiger partial charge in [0.15, 0.2) is 0 Å². The van der Waals surface area contributed by atoms with E-state index in [2.05, 4.69) is 10.6 Å². The Labute approximate surface area is 202 Å². The number of nitrogens with one attached hydrogen (secondary N) is 2. The van der Waals surface area contributed by atoms with E-state index in [1.165, 1.54) is 48.5 Å². The van der Waals surface area contributed by atoms with Gasteiger partial charge in [0.05, 0.1) is 21.9 Å². The van der Waals surface area contributed by atoms with Crippen LogP contribution >= 0.6 is 0 Å². The maximum Gasteiger partial charge on any atom is 0.269 e. The van der Waals surface area contributed by atoms with Gasteiger partial charge in [-0.2, -0.15) is 0 Å². The average molecular weight is 485 g/mol. The van der Waals surface area contributed by atoms with Crippen LogP contribution in [-0.4, -0.2) is 69.7 Å². The zero-order valence-electron chi connectivity index (χ0n) is 19.5. The van der Waals surface area contributed by atoms with Gasteiger partial charge in [-0.25, -0.2) is 0 Å². The average Bonchev–Trinajstić information content (AvgIpc) is 3.10. The Morgan fingerprint density at radius 3 is 1.37 bits per heavy atom. The first-order chi connectivity index (χ1) is 16.7. The minimum atomic E-state index is -0.496. The van der Waals surface area contributed by atoms with Gasteiger partial charge in [-0.1, -0.05) is 0 Å². The van der Waals surface area contributed by atoms with Crippen molar-refractivity contribution < 1.29 is 19.4 Å². The molecule has 35 heavy (non-hydrogen) atoms. The van der Waals surface area contributed by atoms with Crippen molar-refractivity contribution in [2.45, 2.75) is 32.4 Å². The van der Waals surface area contributed by atoms with Crippen LogP contribution in [0.2, 0.25) is 0 Å². The SMILES string of the molecule is C[C@H](C(=O)Nc1ccc([N+](=O)[O-])cc1)N1CCCN([C@@H](C)C(=O)Nc2ccc([N+](=O)[O-])cc2)CC1. The van der Waals surface area contributed by atoms with Crippen LogP contribution in [0.25, 0.3) is 0 Å². The first-order valence-electron chi connectivity index (χ1n) is 11.2. The summed E-state index contributed by atoms with van der Waals surface area (Å²) in [6.07, 6.45) is 0.768. The number of hydrogen-bond acceptors (Lipinski definition) is 8. The van der Waals surface area contributed by atoms with Gasteiger partial charge in [0.1, 0.15) is 0 Å². The summed E-state index contributed by atoms with van der Waals surface area (Å²) in [7, 11) is 0. The summed E-state index contributed by atoms with van der Waals surface area (Å²) < 4.78 is 0. The van der Waals surface area contributed by atoms with Gasteiger partial charge in [0.25, 0.3) is 11.4 Å². The third-order valence-electron chi connectivity index (χ3n) is 6.11. The molecular weight excluding hydrogens is 456 g/mol. The van der Waals surface area contributed by atoms with Crippen LogP contribution in [0.5, 0.6) is 0 Å². The summed E-state index contributed by atoms with van der Waals surface area (Å²) in [5.74, 6) is -0.424. The summed E-state index contributed by atoms with van der Waals surface area (Å²) in [6.45, 7) is 6.15. The van der Waals surface area contributed by atoms with Crippen LogP contribution in [0.1, 0.15) is 20.3 Å². The van der Waals surface area contributed by atoms with Crippen molar-refractivity contribution in [2.75, 3.05) is 36.8 Å². The summed E-state index contributed by atoms with van der Waals surface area (Å²) in [6, 6.07) is 10.5. The summed E-state index contributed by atoms with van der Waals surface area (Å²) in [4.78, 5) is 50.1. The fourth-order valence-corrected chi connectivity index (χ4v) is 3.89. The monoisotopic (exact) mass is 484 g/mol. The highest BCUT2D eigenvalue weighted by Gasteiger charge is 2.28. The lowest BCUT2D eigenvalue weighted by Gasteiger charge is -2.28. The maximum absolute atomic E-state index is 12.7. The highest BCUT2D eigenvalue weighted by molar-refractivity contribution is 5.95. The van der Waals surface area contributed by atoms with E-state index in [0.717, 1.165) is 6.42 Å². The molecule has 1 fully saturated rings. The molecule has 1 aliphatic heterocycles. The Bertz CT molecular complexity index is 989. The molecule has 2 atom stereocenters. The molecule has 2 amide bonds. The molecule has 0 aliphatic carbocycles. The summed E-state index contributed by atoms with van der Waals surface area (Å²) in [5, 5.41) is 27.2. The normalized spacial score (nSPS) is 16.5. The van der Waals surface area contributed by atoms with Gasteiger partial charge in [0, 0.05) is 61.8 Å². The predicted molar refractivity (Wildman–Crippen MR) is 130 cm³/mol. The lowest BCUT2D eigenvalue weighted by molar-refractivity contribution is -0.385. The second-order valence-electron chi connectivity index (χ2n) is 8.36. The lowest BCUT2D eigenvalue weighted by Crippen LogP contribution is -2.46. The number of nitro benzene ring substituents is 2. The fraction of sp³-hybridized carbons (Fsp3) is 0.391. The molecule has 2 aromatic rings. The molecule has 0 bridgehead atoms. The summed E-state index contributed by atoms with van der Waals surface area (Å²) in [5.41, 5.74) is 0.881. The molecule has 0 unspecified atom stereocenters. The van der Waals surface area contributed by atoms with Gasteiger partial charge in [-0.3, -0.25) is 39.6 Å². The zero-order chi connectivity index (χ0) is 25.5. The molecule has 1 aliphatic rings. The predicted octanol–water partition coefficient (Wildman–Crippen LogP) is 2.86. The number of nitro groups is 2. The van der Waals surface area contributed by atoms with E-state index in [1.807, 2.05) is 9.80 Å². The Morgan fingerprint density at radius 1 is 0.714 bits per heavy atom. The van der Waals surface area contributed by atoms with E-state index < -0.39 is 21.9 Å². The summed E-state index contributed by atoms with van der Waals surface area (Å²) >= 11 is 0. The van der Waals surface area contributed by atoms with Gasteiger partial charge in [0.2, 0.25) is 11.8 Å². The third-order valence-corrected chi connectivity index (χ3v) is 6.11. The Morgan fingerprint density at radius 2 is 1.06 bits per heavy atom. The third kappa shape index (κ3) is 6.80. The van der Waals surface area contributed by atoms with E-state index in [1.54, 1.807) is 13.8 Å². The van der Waals surface area contributed by atoms with E-state index >= 15 is 0 Å². The minimum Gasteiger partial charge on any atom is -0.325 e. The van der Waals surface area contributed by atoms with E-state index in [0.29, 0.717) is 37.6 Å². The van der Waals surface area contributed by atoms with Crippen LogP contribution in [-0.2, 0) is 9.59 Å². The topological polar surface area (TPSA) is 151 Å². The lowest BCUT2D eigenvalue weighted by atomic mass is 10.2. The number of anilines is 2. The largest absolute Gasteiger partial charge is 0.325 e. The molecule has 1 heterocycles. The van der Waals surface area contributed by atoms with Crippen molar-refractivity contribution in [3.8, 4) is 0 Å².